The van der Waals surface area contributed by atoms with E-state index in [0.717, 1.165) is 38.0 Å². The predicted octanol–water partition coefficient (Wildman–Crippen LogP) is 6.70. The van der Waals surface area contributed by atoms with Gasteiger partial charge in [0.25, 0.3) is 0 Å². The van der Waals surface area contributed by atoms with Crippen LogP contribution in [-0.4, -0.2) is 25.8 Å². The summed E-state index contributed by atoms with van der Waals surface area (Å²) in [6, 6.07) is 25.9. The van der Waals surface area contributed by atoms with Gasteiger partial charge >= 0.3 is 6.09 Å². The summed E-state index contributed by atoms with van der Waals surface area (Å²) in [5.74, 6) is 0.308. The van der Waals surface area contributed by atoms with Crippen LogP contribution < -0.4 is 10.2 Å². The lowest BCUT2D eigenvalue weighted by atomic mass is 9.68. The minimum absolute atomic E-state index is 0.120. The summed E-state index contributed by atoms with van der Waals surface area (Å²) < 4.78 is 5.34. The predicted molar refractivity (Wildman–Crippen MR) is 134 cm³/mol. The van der Waals surface area contributed by atoms with Crippen molar-refractivity contribution < 1.29 is 9.53 Å². The summed E-state index contributed by atoms with van der Waals surface area (Å²) in [5.41, 5.74) is 7.29. The second-order valence-corrected chi connectivity index (χ2v) is 9.41. The van der Waals surface area contributed by atoms with Crippen molar-refractivity contribution in [2.75, 3.05) is 29.9 Å². The summed E-state index contributed by atoms with van der Waals surface area (Å²) in [5, 5.41) is 3.02. The van der Waals surface area contributed by atoms with Gasteiger partial charge in [-0.15, -0.1) is 0 Å². The first kappa shape index (κ1) is 21.6. The van der Waals surface area contributed by atoms with Crippen LogP contribution in [0.5, 0.6) is 0 Å². The summed E-state index contributed by atoms with van der Waals surface area (Å²) in [6.07, 6.45) is 2.54. The first-order valence-electron chi connectivity index (χ1n) is 12.1. The maximum Gasteiger partial charge on any atom is 0.411 e. The lowest BCUT2D eigenvalue weighted by Crippen LogP contribution is -2.43. The third kappa shape index (κ3) is 3.99. The van der Waals surface area contributed by atoms with Crippen LogP contribution in [0.3, 0.4) is 0 Å². The number of benzene rings is 3. The van der Waals surface area contributed by atoms with Crippen LogP contribution in [0.25, 0.3) is 0 Å². The van der Waals surface area contributed by atoms with Crippen molar-refractivity contribution in [3.05, 3.63) is 95.1 Å². The molecule has 0 radical (unpaired) electrons. The fraction of sp³-hybridized carbons (Fsp3) is 0.345. The SMILES string of the molecule is CCCOC(=O)Nc1cc2c3c(c1)[C@](C)(c1ccccc1)CCN3CC[C@H]2c1ccccc1. The van der Waals surface area contributed by atoms with Crippen molar-refractivity contribution in [1.29, 1.82) is 0 Å². The average Bonchev–Trinajstić information content (AvgIpc) is 2.86. The number of anilines is 2. The molecule has 0 saturated carbocycles. The smallest absolute Gasteiger partial charge is 0.411 e. The van der Waals surface area contributed by atoms with E-state index in [9.17, 15) is 4.79 Å². The first-order valence-corrected chi connectivity index (χ1v) is 12.1. The van der Waals surface area contributed by atoms with Gasteiger partial charge in [-0.1, -0.05) is 74.5 Å². The number of nitrogens with one attached hydrogen (secondary N) is 1. The van der Waals surface area contributed by atoms with E-state index in [1.165, 1.54) is 27.9 Å². The average molecular weight is 441 g/mol. The number of carbonyl (C=O) groups is 1. The quantitative estimate of drug-likeness (QED) is 0.480. The van der Waals surface area contributed by atoms with Crippen LogP contribution in [-0.2, 0) is 10.2 Å². The molecular weight excluding hydrogens is 408 g/mol. The van der Waals surface area contributed by atoms with Crippen LogP contribution in [0.15, 0.2) is 72.8 Å². The molecule has 170 valence electrons. The summed E-state index contributed by atoms with van der Waals surface area (Å²) in [6.45, 7) is 6.86. The van der Waals surface area contributed by atoms with E-state index < -0.39 is 0 Å². The summed E-state index contributed by atoms with van der Waals surface area (Å²) in [7, 11) is 0. The van der Waals surface area contributed by atoms with Gasteiger partial charge in [0.1, 0.15) is 0 Å². The van der Waals surface area contributed by atoms with E-state index in [-0.39, 0.29) is 11.5 Å². The second-order valence-electron chi connectivity index (χ2n) is 9.41. The summed E-state index contributed by atoms with van der Waals surface area (Å²) in [4.78, 5) is 15.0. The van der Waals surface area contributed by atoms with Crippen LogP contribution in [0.4, 0.5) is 16.2 Å². The monoisotopic (exact) mass is 440 g/mol. The molecule has 4 heteroatoms. The Balaban J connectivity index is 1.66. The Morgan fingerprint density at radius 2 is 1.79 bits per heavy atom. The first-order chi connectivity index (χ1) is 16.1. The van der Waals surface area contributed by atoms with E-state index in [2.05, 4.69) is 89.9 Å². The van der Waals surface area contributed by atoms with Gasteiger partial charge < -0.3 is 9.64 Å². The van der Waals surface area contributed by atoms with Crippen LogP contribution >= 0.6 is 0 Å². The third-order valence-corrected chi connectivity index (χ3v) is 7.29. The molecule has 33 heavy (non-hydrogen) atoms. The van der Waals surface area contributed by atoms with Crippen LogP contribution in [0.2, 0.25) is 0 Å². The largest absolute Gasteiger partial charge is 0.449 e. The maximum atomic E-state index is 12.5. The highest BCUT2D eigenvalue weighted by Gasteiger charge is 2.41. The van der Waals surface area contributed by atoms with Gasteiger partial charge in [0.15, 0.2) is 0 Å². The number of amides is 1. The zero-order valence-electron chi connectivity index (χ0n) is 19.5. The highest BCUT2D eigenvalue weighted by atomic mass is 16.5. The molecule has 5 rings (SSSR count). The van der Waals surface area contributed by atoms with Crippen molar-refractivity contribution in [2.24, 2.45) is 0 Å². The van der Waals surface area contributed by atoms with Crippen LogP contribution in [0.1, 0.15) is 61.3 Å². The lowest BCUT2D eigenvalue weighted by Gasteiger charge is -2.47. The van der Waals surface area contributed by atoms with Crippen molar-refractivity contribution in [1.82, 2.24) is 0 Å². The van der Waals surface area contributed by atoms with Crippen molar-refractivity contribution in [3.63, 3.8) is 0 Å². The molecule has 2 aliphatic rings. The minimum Gasteiger partial charge on any atom is -0.449 e. The Hall–Kier alpha value is -3.27. The summed E-state index contributed by atoms with van der Waals surface area (Å²) >= 11 is 0. The maximum absolute atomic E-state index is 12.5. The molecule has 1 amide bonds. The van der Waals surface area contributed by atoms with Gasteiger partial charge in [-0.3, -0.25) is 5.32 Å². The Labute approximate surface area is 196 Å². The minimum atomic E-state index is -0.384. The molecule has 1 N–H and O–H groups in total. The molecule has 2 atom stereocenters. The molecule has 2 heterocycles. The number of nitrogens with zero attached hydrogens (tertiary/aromatic N) is 1. The molecule has 3 aromatic carbocycles. The topological polar surface area (TPSA) is 41.6 Å². The van der Waals surface area contributed by atoms with Gasteiger partial charge in [0.2, 0.25) is 0 Å². The van der Waals surface area contributed by atoms with Gasteiger partial charge in [-0.2, -0.15) is 0 Å². The number of carbonyl (C=O) groups excluding carboxylic acids is 1. The Morgan fingerprint density at radius 3 is 2.52 bits per heavy atom. The highest BCUT2D eigenvalue weighted by molar-refractivity contribution is 5.87. The van der Waals surface area contributed by atoms with Gasteiger partial charge in [-0.05, 0) is 53.6 Å². The molecule has 0 saturated heterocycles. The molecule has 0 unspecified atom stereocenters. The van der Waals surface area contributed by atoms with E-state index in [1.54, 1.807) is 0 Å². The highest BCUT2D eigenvalue weighted by Crippen LogP contribution is 2.52. The molecule has 3 aromatic rings. The molecule has 4 nitrogen and oxygen atoms in total. The zero-order chi connectivity index (χ0) is 22.8. The molecule has 0 aromatic heterocycles. The normalized spacial score (nSPS) is 21.3. The Kier molecular flexibility index (Phi) is 5.84. The Bertz CT molecular complexity index is 1130. The van der Waals surface area contributed by atoms with Gasteiger partial charge in [0, 0.05) is 35.8 Å². The third-order valence-electron chi connectivity index (χ3n) is 7.29. The molecule has 0 bridgehead atoms. The van der Waals surface area contributed by atoms with Gasteiger partial charge in [0.05, 0.1) is 6.61 Å². The van der Waals surface area contributed by atoms with E-state index in [4.69, 9.17) is 4.74 Å². The Morgan fingerprint density at radius 1 is 1.06 bits per heavy atom. The number of hydrogen-bond acceptors (Lipinski definition) is 3. The molecule has 2 aliphatic heterocycles. The molecule has 0 aliphatic carbocycles. The van der Waals surface area contributed by atoms with Gasteiger partial charge in [-0.25, -0.2) is 4.79 Å². The fourth-order valence-electron chi connectivity index (χ4n) is 5.52. The van der Waals surface area contributed by atoms with Crippen molar-refractivity contribution in [3.8, 4) is 0 Å². The molecular formula is C29H32N2O2. The standard InChI is InChI=1S/C29H32N2O2/c1-3-18-33-28(32)30-23-19-25-24(21-10-6-4-7-11-21)14-16-31-17-15-29(2,26(20-23)27(25)31)22-12-8-5-9-13-22/h4-13,19-20,24H,3,14-18H2,1-2H3,(H,30,32)/t24-,29-/m0/s1. The zero-order valence-corrected chi connectivity index (χ0v) is 19.5. The number of hydrogen-bond donors (Lipinski definition) is 1. The van der Waals surface area contributed by atoms with E-state index >= 15 is 0 Å². The second kappa shape index (κ2) is 8.93. The number of ether oxygens (including phenoxy) is 1. The fourth-order valence-corrected chi connectivity index (χ4v) is 5.52. The van der Waals surface area contributed by atoms with E-state index in [0.29, 0.717) is 12.5 Å². The lowest BCUT2D eigenvalue weighted by molar-refractivity contribution is 0.161. The number of rotatable bonds is 5. The molecule has 0 spiro atoms. The molecule has 0 fully saturated rings. The van der Waals surface area contributed by atoms with Crippen molar-refractivity contribution in [2.45, 2.75) is 44.4 Å². The van der Waals surface area contributed by atoms with Crippen molar-refractivity contribution >= 4 is 17.5 Å². The van der Waals surface area contributed by atoms with Crippen LogP contribution in [0, 0.1) is 0 Å². The van der Waals surface area contributed by atoms with E-state index in [1.807, 2.05) is 6.92 Å².